The molecule has 0 spiro atoms. The predicted octanol–water partition coefficient (Wildman–Crippen LogP) is 13.5. The number of hydrogen-bond donors (Lipinski definition) is 4. The first-order valence-corrected chi connectivity index (χ1v) is 20.5. The third-order valence-electron chi connectivity index (χ3n) is 11.7. The minimum atomic E-state index is -0.584. The Hall–Kier alpha value is -8.22. The smallest absolute Gasteiger partial charge is 0.132 e. The molecule has 0 aliphatic rings. The summed E-state index contributed by atoms with van der Waals surface area (Å²) in [5, 5.41) is 54.2. The summed E-state index contributed by atoms with van der Waals surface area (Å²) in [5.41, 5.74) is 4.88. The number of nitrogens with zero attached hydrogens (tertiary/aromatic N) is 2. The van der Waals surface area contributed by atoms with Crippen LogP contribution >= 0.6 is 0 Å². The molecule has 10 rings (SSSR count). The summed E-state index contributed by atoms with van der Waals surface area (Å²) in [7, 11) is 0. The van der Waals surface area contributed by atoms with E-state index >= 15 is 0 Å². The van der Waals surface area contributed by atoms with Gasteiger partial charge in [0.15, 0.2) is 0 Å². The summed E-state index contributed by atoms with van der Waals surface area (Å²) in [6.07, 6.45) is 3.40. The van der Waals surface area contributed by atoms with Gasteiger partial charge in [-0.05, 0) is 78.5 Å². The zero-order valence-electron chi connectivity index (χ0n) is 33.5. The number of phenols is 4. The number of fused-ring (bicyclic) bond motifs is 4. The average molecular weight is 805 g/mol. The van der Waals surface area contributed by atoms with Crippen molar-refractivity contribution in [3.05, 3.63) is 216 Å². The van der Waals surface area contributed by atoms with Gasteiger partial charge in [0.25, 0.3) is 0 Å². The van der Waals surface area contributed by atoms with Gasteiger partial charge in [-0.1, -0.05) is 170 Å². The van der Waals surface area contributed by atoms with Crippen molar-refractivity contribution in [1.29, 1.82) is 0 Å². The molecule has 0 bridgehead atoms. The second-order valence-corrected chi connectivity index (χ2v) is 15.5. The number of hydrogen-bond acceptors (Lipinski definition) is 6. The molecule has 0 fully saturated rings. The quantitative estimate of drug-likeness (QED) is 0.109. The van der Waals surface area contributed by atoms with Gasteiger partial charge in [0.05, 0.1) is 0 Å². The van der Waals surface area contributed by atoms with Crippen LogP contribution in [0.1, 0.15) is 34.3 Å². The van der Waals surface area contributed by atoms with E-state index in [0.717, 1.165) is 54.2 Å². The summed E-state index contributed by atoms with van der Waals surface area (Å²) < 4.78 is 0. The highest BCUT2D eigenvalue weighted by Crippen LogP contribution is 2.48. The summed E-state index contributed by atoms with van der Waals surface area (Å²) in [5.74, 6) is 0.122. The fourth-order valence-corrected chi connectivity index (χ4v) is 8.79. The molecule has 10 aromatic carbocycles. The van der Waals surface area contributed by atoms with E-state index in [1.807, 2.05) is 182 Å². The van der Waals surface area contributed by atoms with Gasteiger partial charge >= 0.3 is 0 Å². The molecule has 6 nitrogen and oxygen atoms in total. The van der Waals surface area contributed by atoms with Crippen molar-refractivity contribution in [3.63, 3.8) is 0 Å². The Balaban J connectivity index is 1.15. The Kier molecular flexibility index (Phi) is 9.87. The Morgan fingerprint density at radius 3 is 1.03 bits per heavy atom. The normalized spacial score (nSPS) is 12.8. The topological polar surface area (TPSA) is 106 Å². The lowest BCUT2D eigenvalue weighted by molar-refractivity contribution is 0.469. The van der Waals surface area contributed by atoms with Crippen LogP contribution in [0.25, 0.3) is 65.3 Å². The van der Waals surface area contributed by atoms with Crippen molar-refractivity contribution < 1.29 is 20.4 Å². The third-order valence-corrected chi connectivity index (χ3v) is 11.7. The Morgan fingerprint density at radius 1 is 0.323 bits per heavy atom. The van der Waals surface area contributed by atoms with Crippen molar-refractivity contribution >= 4 is 55.5 Å². The summed E-state index contributed by atoms with van der Waals surface area (Å²) in [6, 6.07) is 60.9. The van der Waals surface area contributed by atoms with Crippen LogP contribution in [0.3, 0.4) is 0 Å². The second-order valence-electron chi connectivity index (χ2n) is 15.5. The molecule has 4 N–H and O–H groups in total. The molecule has 0 aliphatic carbocycles. The Morgan fingerprint density at radius 2 is 0.645 bits per heavy atom. The molecule has 0 amide bonds. The molecule has 62 heavy (non-hydrogen) atoms. The lowest BCUT2D eigenvalue weighted by Crippen LogP contribution is -2.09. The fraction of sp³-hybridized carbons (Fsp3) is 0.0357. The fourth-order valence-electron chi connectivity index (χ4n) is 8.79. The number of rotatable bonds is 9. The number of phenolic OH excluding ortho intramolecular Hbond substituents is 4. The number of aromatic hydroxyl groups is 4. The van der Waals surface area contributed by atoms with E-state index in [4.69, 9.17) is 9.98 Å². The maximum absolute atomic E-state index is 12.3. The lowest BCUT2D eigenvalue weighted by atomic mass is 9.90. The minimum Gasteiger partial charge on any atom is -0.507 e. The van der Waals surface area contributed by atoms with E-state index in [0.29, 0.717) is 33.4 Å². The highest BCUT2D eigenvalue weighted by atomic mass is 16.3. The van der Waals surface area contributed by atoms with Crippen LogP contribution in [0.2, 0.25) is 0 Å². The summed E-state index contributed by atoms with van der Waals surface area (Å²) in [6.45, 7) is 0. The number of aliphatic imine (C=N–C) groups is 2. The average Bonchev–Trinajstić information content (AvgIpc) is 3.31. The first-order valence-electron chi connectivity index (χ1n) is 20.5. The van der Waals surface area contributed by atoms with Gasteiger partial charge < -0.3 is 20.4 Å². The maximum atomic E-state index is 12.3. The molecule has 0 saturated heterocycles. The Bertz CT molecular complexity index is 3140. The van der Waals surface area contributed by atoms with Crippen LogP contribution in [0, 0.1) is 0 Å². The highest BCUT2D eigenvalue weighted by molar-refractivity contribution is 6.13. The van der Waals surface area contributed by atoms with Crippen LogP contribution in [0.15, 0.2) is 204 Å². The van der Waals surface area contributed by atoms with Crippen LogP contribution in [0.4, 0.5) is 0 Å². The predicted molar refractivity (Wildman–Crippen MR) is 254 cm³/mol. The van der Waals surface area contributed by atoms with Crippen LogP contribution < -0.4 is 0 Å². The molecular formula is C56H40N2O4. The van der Waals surface area contributed by atoms with Crippen molar-refractivity contribution in [2.75, 3.05) is 0 Å². The first-order chi connectivity index (χ1) is 30.4. The van der Waals surface area contributed by atoms with Gasteiger partial charge in [-0.25, -0.2) is 0 Å². The molecule has 0 saturated carbocycles. The van der Waals surface area contributed by atoms with Crippen molar-refractivity contribution in [3.8, 4) is 45.3 Å². The minimum absolute atomic E-state index is 0.00372. The molecule has 6 heteroatoms. The van der Waals surface area contributed by atoms with Gasteiger partial charge in [-0.2, -0.15) is 0 Å². The molecule has 0 unspecified atom stereocenters. The maximum Gasteiger partial charge on any atom is 0.132 e. The van der Waals surface area contributed by atoms with E-state index in [1.54, 1.807) is 24.6 Å². The van der Waals surface area contributed by atoms with E-state index in [1.165, 1.54) is 0 Å². The molecule has 0 aromatic heterocycles. The molecule has 0 heterocycles. The van der Waals surface area contributed by atoms with Crippen LogP contribution in [-0.2, 0) is 0 Å². The van der Waals surface area contributed by atoms with Gasteiger partial charge in [-0.3, -0.25) is 9.98 Å². The molecule has 298 valence electrons. The van der Waals surface area contributed by atoms with Gasteiger partial charge in [0.2, 0.25) is 0 Å². The summed E-state index contributed by atoms with van der Waals surface area (Å²) >= 11 is 0. The molecular weight excluding hydrogens is 765 g/mol. The van der Waals surface area contributed by atoms with Gasteiger partial charge in [0.1, 0.15) is 35.1 Å². The van der Waals surface area contributed by atoms with Crippen LogP contribution in [-0.4, -0.2) is 32.9 Å². The molecule has 0 radical (unpaired) electrons. The second kappa shape index (κ2) is 16.1. The van der Waals surface area contributed by atoms with Crippen molar-refractivity contribution in [2.24, 2.45) is 9.98 Å². The highest BCUT2D eigenvalue weighted by Gasteiger charge is 2.26. The van der Waals surface area contributed by atoms with Crippen LogP contribution in [0.5, 0.6) is 23.0 Å². The first kappa shape index (κ1) is 38.0. The summed E-state index contributed by atoms with van der Waals surface area (Å²) in [4.78, 5) is 10.5. The zero-order valence-corrected chi connectivity index (χ0v) is 33.5. The Labute approximate surface area is 358 Å². The standard InChI is InChI=1S/C56H40N2O4/c59-47-29-27-35-15-7-11-23-43(35)49(47)51-45-25-13-9-21-39(45)31-41(55(51)61)33-57-53(37-17-3-1-4-18-37)54(38-19-5-2-6-20-38)58-34-42-32-40-22-10-14-26-46(40)52(56(42)62)50-44-24-12-8-16-36(44)28-30-48(50)60/h1-34,53-54,59-62H/t53-,54+. The molecule has 10 aromatic rings. The van der Waals surface area contributed by atoms with Gasteiger partial charge in [-0.15, -0.1) is 0 Å². The lowest BCUT2D eigenvalue weighted by Gasteiger charge is -2.22. The van der Waals surface area contributed by atoms with Crippen molar-refractivity contribution in [2.45, 2.75) is 12.1 Å². The van der Waals surface area contributed by atoms with Gasteiger partial charge in [0, 0.05) is 45.8 Å². The SMILES string of the molecule is Oc1ccc2ccccc2c1-c1c(O)c(C=N[C@H](c2ccccc2)[C@@H](N=Cc2cc3ccccc3c(-c3c(O)ccc4ccccc34)c2O)c2ccccc2)cc2ccccc12. The zero-order chi connectivity index (χ0) is 42.2. The number of benzene rings is 10. The van der Waals surface area contributed by atoms with E-state index in [2.05, 4.69) is 0 Å². The largest absolute Gasteiger partial charge is 0.507 e. The monoisotopic (exact) mass is 804 g/mol. The van der Waals surface area contributed by atoms with Crippen molar-refractivity contribution in [1.82, 2.24) is 0 Å². The molecule has 2 atom stereocenters. The van der Waals surface area contributed by atoms with E-state index in [-0.39, 0.29) is 23.0 Å². The third kappa shape index (κ3) is 6.83. The molecule has 0 aliphatic heterocycles. The van der Waals surface area contributed by atoms with E-state index < -0.39 is 12.1 Å². The van der Waals surface area contributed by atoms with E-state index in [9.17, 15) is 20.4 Å².